The van der Waals surface area contributed by atoms with Crippen LogP contribution in [0.2, 0.25) is 0 Å². The van der Waals surface area contributed by atoms with Crippen LogP contribution in [0.25, 0.3) is 11.5 Å². The van der Waals surface area contributed by atoms with Crippen LogP contribution in [0, 0.1) is 11.8 Å². The number of methoxy groups -OCH3 is 1. The summed E-state index contributed by atoms with van der Waals surface area (Å²) in [5.41, 5.74) is 4.30. The lowest BCUT2D eigenvalue weighted by Crippen LogP contribution is -2.55. The zero-order chi connectivity index (χ0) is 45.0. The molecule has 2 aromatic heterocycles. The fraction of sp³-hybridized carbons (Fsp3) is 0.500. The molecule has 0 bridgehead atoms. The average Bonchev–Trinajstić information content (AvgIpc) is 4.11. The van der Waals surface area contributed by atoms with E-state index in [0.717, 1.165) is 86.1 Å². The van der Waals surface area contributed by atoms with Crippen molar-refractivity contribution in [2.24, 2.45) is 0 Å². The summed E-state index contributed by atoms with van der Waals surface area (Å²) in [5.74, 6) is 8.56. The first kappa shape index (κ1) is 43.9. The number of benzene rings is 2. The zero-order valence-electron chi connectivity index (χ0n) is 37.2. The SMILES string of the molecule is CC[C@@H]1C(=O)N(C)c2cnc(Nc3ccc(-c4nnc(C5CCC(NCCOCCC#Cc6cccc7c6CN(C6CCC(=O)NC6=O)C7=O)CC5)o4)cc3OC)nc2N1C1CCCC1. The Kier molecular flexibility index (Phi) is 13.1. The Hall–Kier alpha value is -6.38. The number of likely N-dealkylation sites (N-methyl/N-ethyl adjacent to an activating group) is 1. The van der Waals surface area contributed by atoms with Gasteiger partial charge in [0.15, 0.2) is 5.82 Å². The number of nitrogens with one attached hydrogen (secondary N) is 3. The van der Waals surface area contributed by atoms with Crippen molar-refractivity contribution < 1.29 is 33.1 Å². The number of carbonyl (C=O) groups is 4. The highest BCUT2D eigenvalue weighted by Gasteiger charge is 2.42. The number of amides is 4. The van der Waals surface area contributed by atoms with Crippen molar-refractivity contribution >= 4 is 46.8 Å². The smallest absolute Gasteiger partial charge is 0.255 e. The molecule has 17 heteroatoms. The van der Waals surface area contributed by atoms with Gasteiger partial charge < -0.3 is 39.2 Å². The molecule has 4 aromatic rings. The quantitative estimate of drug-likeness (QED) is 0.0802. The van der Waals surface area contributed by atoms with Crippen molar-refractivity contribution in [1.29, 1.82) is 0 Å². The lowest BCUT2D eigenvalue weighted by molar-refractivity contribution is -0.137. The number of nitrogens with zero attached hydrogens (tertiary/aromatic N) is 7. The van der Waals surface area contributed by atoms with Gasteiger partial charge in [0.2, 0.25) is 35.5 Å². The maximum atomic E-state index is 13.3. The van der Waals surface area contributed by atoms with E-state index in [-0.39, 0.29) is 42.1 Å². The number of hydrogen-bond donors (Lipinski definition) is 3. The minimum Gasteiger partial charge on any atom is -0.495 e. The molecule has 3 fully saturated rings. The second-order valence-electron chi connectivity index (χ2n) is 17.5. The van der Waals surface area contributed by atoms with Crippen LogP contribution >= 0.6 is 0 Å². The predicted octanol–water partition coefficient (Wildman–Crippen LogP) is 5.62. The molecule has 340 valence electrons. The topological polar surface area (TPSA) is 197 Å². The molecule has 1 unspecified atom stereocenters. The van der Waals surface area contributed by atoms with Crippen LogP contribution in [0.3, 0.4) is 0 Å². The lowest BCUT2D eigenvalue weighted by atomic mass is 9.86. The highest BCUT2D eigenvalue weighted by atomic mass is 16.5. The maximum Gasteiger partial charge on any atom is 0.255 e. The fourth-order valence-electron chi connectivity index (χ4n) is 9.97. The normalized spacial score (nSPS) is 22.1. The molecule has 5 heterocycles. The van der Waals surface area contributed by atoms with Crippen LogP contribution in [0.15, 0.2) is 47.0 Å². The van der Waals surface area contributed by atoms with Gasteiger partial charge in [-0.1, -0.05) is 37.7 Å². The summed E-state index contributed by atoms with van der Waals surface area (Å²) < 4.78 is 17.9. The van der Waals surface area contributed by atoms with Crippen LogP contribution in [-0.4, -0.2) is 107 Å². The third kappa shape index (κ3) is 9.14. The first-order chi connectivity index (χ1) is 31.7. The Morgan fingerprint density at radius 3 is 2.60 bits per heavy atom. The molecular weight excluding hydrogens is 829 g/mol. The molecule has 3 aliphatic heterocycles. The largest absolute Gasteiger partial charge is 0.495 e. The van der Waals surface area contributed by atoms with Crippen LogP contribution in [0.1, 0.15) is 117 Å². The van der Waals surface area contributed by atoms with E-state index in [1.807, 2.05) is 30.3 Å². The third-order valence-corrected chi connectivity index (χ3v) is 13.5. The molecule has 0 radical (unpaired) electrons. The number of anilines is 4. The highest BCUT2D eigenvalue weighted by molar-refractivity contribution is 6.06. The average molecular weight is 885 g/mol. The van der Waals surface area contributed by atoms with Crippen molar-refractivity contribution in [3.8, 4) is 29.0 Å². The molecule has 3 N–H and O–H groups in total. The number of rotatable bonds is 14. The van der Waals surface area contributed by atoms with Crippen LogP contribution < -0.4 is 30.5 Å². The van der Waals surface area contributed by atoms with Gasteiger partial charge in [-0.25, -0.2) is 4.98 Å². The van der Waals surface area contributed by atoms with Crippen LogP contribution in [0.4, 0.5) is 23.1 Å². The number of piperidine rings is 1. The Balaban J connectivity index is 0.723. The summed E-state index contributed by atoms with van der Waals surface area (Å²) >= 11 is 0. The van der Waals surface area contributed by atoms with Gasteiger partial charge in [-0.05, 0) is 87.3 Å². The number of carbonyl (C=O) groups excluding carboxylic acids is 4. The molecule has 17 nitrogen and oxygen atoms in total. The van der Waals surface area contributed by atoms with Gasteiger partial charge >= 0.3 is 0 Å². The summed E-state index contributed by atoms with van der Waals surface area (Å²) in [5, 5.41) is 18.2. The van der Waals surface area contributed by atoms with E-state index < -0.39 is 11.9 Å². The number of fused-ring (bicyclic) bond motifs is 2. The zero-order valence-corrected chi connectivity index (χ0v) is 37.2. The summed E-state index contributed by atoms with van der Waals surface area (Å²) in [7, 11) is 3.42. The number of aromatic nitrogens is 4. The molecule has 2 aliphatic carbocycles. The van der Waals surface area contributed by atoms with E-state index in [2.05, 4.69) is 54.8 Å². The first-order valence-electron chi connectivity index (χ1n) is 23.0. The molecule has 1 saturated heterocycles. The Morgan fingerprint density at radius 1 is 0.985 bits per heavy atom. The van der Waals surface area contributed by atoms with Crippen LogP contribution in [-0.2, 0) is 25.7 Å². The highest BCUT2D eigenvalue weighted by Crippen LogP contribution is 2.41. The van der Waals surface area contributed by atoms with E-state index >= 15 is 0 Å². The molecule has 0 spiro atoms. The van der Waals surface area contributed by atoms with Crippen molar-refractivity contribution in [3.05, 3.63) is 65.2 Å². The van der Waals surface area contributed by atoms with Crippen molar-refractivity contribution in [3.63, 3.8) is 0 Å². The fourth-order valence-corrected chi connectivity index (χ4v) is 9.97. The predicted molar refractivity (Wildman–Crippen MR) is 242 cm³/mol. The van der Waals surface area contributed by atoms with E-state index in [9.17, 15) is 19.2 Å². The number of ether oxygens (including phenoxy) is 2. The van der Waals surface area contributed by atoms with E-state index in [1.165, 1.54) is 0 Å². The van der Waals surface area contributed by atoms with Gasteiger partial charge in [0.05, 0.1) is 32.2 Å². The Bertz CT molecular complexity index is 2500. The lowest BCUT2D eigenvalue weighted by Gasteiger charge is -2.43. The Morgan fingerprint density at radius 2 is 1.82 bits per heavy atom. The molecule has 2 atom stereocenters. The van der Waals surface area contributed by atoms with E-state index in [1.54, 1.807) is 36.2 Å². The van der Waals surface area contributed by atoms with Gasteiger partial charge in [0.1, 0.15) is 23.5 Å². The van der Waals surface area contributed by atoms with Gasteiger partial charge in [-0.3, -0.25) is 24.5 Å². The molecule has 5 aliphatic rings. The minimum absolute atomic E-state index is 0.0799. The van der Waals surface area contributed by atoms with Gasteiger partial charge in [-0.2, -0.15) is 4.98 Å². The van der Waals surface area contributed by atoms with E-state index in [0.29, 0.717) is 79.8 Å². The molecule has 4 amide bonds. The Labute approximate surface area is 378 Å². The summed E-state index contributed by atoms with van der Waals surface area (Å²) in [6.45, 7) is 4.15. The second-order valence-corrected chi connectivity index (χ2v) is 17.5. The van der Waals surface area contributed by atoms with Crippen molar-refractivity contribution in [2.75, 3.05) is 49.0 Å². The standard InChI is InChI=1S/C48H56N10O7/c1-4-37-47(62)56(2)39-27-50-48(53-42(39)58(37)33-12-5-6-13-33)51-36-20-17-31(26-40(36)63-3)45-55-54-44(65-45)30-15-18-32(19-16-30)49-23-25-64-24-8-7-10-29-11-9-14-34-35(29)28-57(46(34)61)38-21-22-41(59)52-43(38)60/h9,11,14,17,20,26-27,30,32-33,37-38,49H,4-6,8,12-13,15-16,18-19,21-25,28H2,1-3H3,(H,50,51,53)(H,52,59,60)/t30?,32?,37-,38?/m1/s1. The molecule has 9 rings (SSSR count). The summed E-state index contributed by atoms with van der Waals surface area (Å²) in [6, 6.07) is 10.9. The minimum atomic E-state index is -0.652. The number of hydrogen-bond acceptors (Lipinski definition) is 14. The first-order valence-corrected chi connectivity index (χ1v) is 23.0. The molecule has 65 heavy (non-hydrogen) atoms. The van der Waals surface area contributed by atoms with Gasteiger partial charge in [0, 0.05) is 67.7 Å². The molecule has 2 aromatic carbocycles. The van der Waals surface area contributed by atoms with Crippen LogP contribution in [0.5, 0.6) is 5.75 Å². The van der Waals surface area contributed by atoms with Crippen molar-refractivity contribution in [2.45, 2.75) is 121 Å². The monoisotopic (exact) mass is 884 g/mol. The molecular formula is C48H56N10O7. The third-order valence-electron chi connectivity index (χ3n) is 13.5. The summed E-state index contributed by atoms with van der Waals surface area (Å²) in [4.78, 5) is 65.5. The maximum absolute atomic E-state index is 13.3. The van der Waals surface area contributed by atoms with E-state index in [4.69, 9.17) is 18.9 Å². The molecule has 2 saturated carbocycles. The second kappa shape index (κ2) is 19.4. The summed E-state index contributed by atoms with van der Waals surface area (Å²) in [6.07, 6.45) is 11.8. The van der Waals surface area contributed by atoms with Gasteiger partial charge in [-0.15, -0.1) is 10.2 Å². The number of imide groups is 1. The van der Waals surface area contributed by atoms with Gasteiger partial charge in [0.25, 0.3) is 5.91 Å². The van der Waals surface area contributed by atoms with Crippen molar-refractivity contribution in [1.82, 2.24) is 35.7 Å².